The number of aryl methyl sites for hydroxylation is 1. The Morgan fingerprint density at radius 3 is 2.78 bits per heavy atom. The number of nitrogens with one attached hydrogen (secondary N) is 3. The molecule has 3 N–H and O–H groups in total. The van der Waals surface area contributed by atoms with Crippen molar-refractivity contribution < 1.29 is 0 Å². The summed E-state index contributed by atoms with van der Waals surface area (Å²) in [5.41, 5.74) is 0. The third kappa shape index (κ3) is 3.84. The lowest BCUT2D eigenvalue weighted by Gasteiger charge is -2.11. The molecule has 5 heteroatoms. The summed E-state index contributed by atoms with van der Waals surface area (Å²) >= 11 is 0. The number of nitrogens with zero attached hydrogens (tertiary/aromatic N) is 2. The van der Waals surface area contributed by atoms with Crippen molar-refractivity contribution in [3.63, 3.8) is 0 Å². The van der Waals surface area contributed by atoms with Crippen LogP contribution in [0.2, 0.25) is 0 Å². The topological polar surface area (TPSA) is 61.9 Å². The molecule has 1 aromatic heterocycles. The maximum absolute atomic E-state index is 4.40. The van der Waals surface area contributed by atoms with Gasteiger partial charge < -0.3 is 16.0 Å². The highest BCUT2D eigenvalue weighted by Gasteiger charge is 2.13. The first-order valence-electron chi connectivity index (χ1n) is 6.82. The van der Waals surface area contributed by atoms with Gasteiger partial charge in [-0.3, -0.25) is 0 Å². The van der Waals surface area contributed by atoms with Crippen molar-refractivity contribution in [2.24, 2.45) is 5.92 Å². The van der Waals surface area contributed by atoms with E-state index in [1.807, 2.05) is 13.0 Å². The van der Waals surface area contributed by atoms with Crippen molar-refractivity contribution in [2.75, 3.05) is 36.8 Å². The first kappa shape index (κ1) is 13.1. The molecule has 1 unspecified atom stereocenters. The van der Waals surface area contributed by atoms with Gasteiger partial charge in [-0.1, -0.05) is 0 Å². The molecule has 100 valence electrons. The number of hydrogen-bond donors (Lipinski definition) is 3. The summed E-state index contributed by atoms with van der Waals surface area (Å²) in [5.74, 6) is 3.44. The largest absolute Gasteiger partial charge is 0.370 e. The van der Waals surface area contributed by atoms with Gasteiger partial charge in [-0.05, 0) is 45.7 Å². The van der Waals surface area contributed by atoms with Gasteiger partial charge in [0.25, 0.3) is 0 Å². The molecule has 1 aliphatic heterocycles. The Morgan fingerprint density at radius 2 is 2.11 bits per heavy atom. The van der Waals surface area contributed by atoms with E-state index >= 15 is 0 Å². The standard InChI is InChI=1S/C13H23N5/c1-3-15-12-8-13(18-10(2)17-12)16-7-5-11-4-6-14-9-11/h8,11,14H,3-7,9H2,1-2H3,(H2,15,16,17,18). The van der Waals surface area contributed by atoms with Gasteiger partial charge >= 0.3 is 0 Å². The molecule has 1 aliphatic rings. The maximum atomic E-state index is 4.40. The summed E-state index contributed by atoms with van der Waals surface area (Å²) in [4.78, 5) is 8.74. The Labute approximate surface area is 109 Å². The maximum Gasteiger partial charge on any atom is 0.131 e. The molecule has 0 aliphatic carbocycles. The average Bonchev–Trinajstić information content (AvgIpc) is 2.82. The summed E-state index contributed by atoms with van der Waals surface area (Å²) in [5, 5.41) is 10.0. The highest BCUT2D eigenvalue weighted by molar-refractivity contribution is 5.47. The first-order chi connectivity index (χ1) is 8.78. The predicted octanol–water partition coefficient (Wildman–Crippen LogP) is 1.63. The second-order valence-corrected chi connectivity index (χ2v) is 4.79. The van der Waals surface area contributed by atoms with Crippen molar-refractivity contribution in [1.82, 2.24) is 15.3 Å². The lowest BCUT2D eigenvalue weighted by Crippen LogP contribution is -2.13. The molecule has 0 aromatic carbocycles. The minimum absolute atomic E-state index is 0.804. The quantitative estimate of drug-likeness (QED) is 0.715. The number of hydrogen-bond acceptors (Lipinski definition) is 5. The lowest BCUT2D eigenvalue weighted by atomic mass is 10.1. The molecule has 2 rings (SSSR count). The van der Waals surface area contributed by atoms with Crippen molar-refractivity contribution in [3.05, 3.63) is 11.9 Å². The van der Waals surface area contributed by atoms with Gasteiger partial charge in [-0.2, -0.15) is 0 Å². The first-order valence-corrected chi connectivity index (χ1v) is 6.82. The van der Waals surface area contributed by atoms with Crippen LogP contribution in [0.1, 0.15) is 25.6 Å². The molecular weight excluding hydrogens is 226 g/mol. The summed E-state index contributed by atoms with van der Waals surface area (Å²) < 4.78 is 0. The average molecular weight is 249 g/mol. The van der Waals surface area contributed by atoms with E-state index in [0.717, 1.165) is 43.0 Å². The van der Waals surface area contributed by atoms with Gasteiger partial charge in [0.2, 0.25) is 0 Å². The number of aromatic nitrogens is 2. The van der Waals surface area contributed by atoms with E-state index in [9.17, 15) is 0 Å². The fraction of sp³-hybridized carbons (Fsp3) is 0.692. The van der Waals surface area contributed by atoms with Crippen LogP contribution in [0, 0.1) is 12.8 Å². The van der Waals surface area contributed by atoms with E-state index in [-0.39, 0.29) is 0 Å². The lowest BCUT2D eigenvalue weighted by molar-refractivity contribution is 0.549. The summed E-state index contributed by atoms with van der Waals surface area (Å²) in [6.07, 6.45) is 2.50. The van der Waals surface area contributed by atoms with Gasteiger partial charge in [0.1, 0.15) is 17.5 Å². The fourth-order valence-corrected chi connectivity index (χ4v) is 2.30. The number of anilines is 2. The summed E-state index contributed by atoms with van der Waals surface area (Å²) in [6, 6.07) is 1.98. The Bertz CT molecular complexity index is 374. The van der Waals surface area contributed by atoms with Crippen molar-refractivity contribution in [1.29, 1.82) is 0 Å². The normalized spacial score (nSPS) is 18.9. The van der Waals surface area contributed by atoms with Crippen LogP contribution in [0.15, 0.2) is 6.07 Å². The van der Waals surface area contributed by atoms with Crippen molar-refractivity contribution in [2.45, 2.75) is 26.7 Å². The van der Waals surface area contributed by atoms with Crippen LogP contribution in [-0.4, -0.2) is 36.1 Å². The van der Waals surface area contributed by atoms with Gasteiger partial charge in [0.05, 0.1) is 0 Å². The van der Waals surface area contributed by atoms with Crippen LogP contribution in [-0.2, 0) is 0 Å². The minimum atomic E-state index is 0.804. The Balaban J connectivity index is 1.83. The molecule has 1 saturated heterocycles. The minimum Gasteiger partial charge on any atom is -0.370 e. The van der Waals surface area contributed by atoms with E-state index < -0.39 is 0 Å². The summed E-state index contributed by atoms with van der Waals surface area (Å²) in [6.45, 7) is 8.18. The molecule has 0 saturated carbocycles. The Kier molecular flexibility index (Phi) is 4.75. The van der Waals surface area contributed by atoms with E-state index in [0.29, 0.717) is 0 Å². The fourth-order valence-electron chi connectivity index (χ4n) is 2.30. The molecule has 0 spiro atoms. The number of rotatable bonds is 6. The molecule has 1 fully saturated rings. The van der Waals surface area contributed by atoms with Crippen LogP contribution < -0.4 is 16.0 Å². The second kappa shape index (κ2) is 6.54. The van der Waals surface area contributed by atoms with Crippen LogP contribution >= 0.6 is 0 Å². The molecule has 1 aromatic rings. The summed E-state index contributed by atoms with van der Waals surface area (Å²) in [7, 11) is 0. The highest BCUT2D eigenvalue weighted by atomic mass is 15.1. The molecule has 18 heavy (non-hydrogen) atoms. The second-order valence-electron chi connectivity index (χ2n) is 4.79. The SMILES string of the molecule is CCNc1cc(NCCC2CCNC2)nc(C)n1. The third-order valence-corrected chi connectivity index (χ3v) is 3.22. The van der Waals surface area contributed by atoms with Crippen LogP contribution in [0.3, 0.4) is 0 Å². The van der Waals surface area contributed by atoms with Gasteiger partial charge in [-0.25, -0.2) is 9.97 Å². The third-order valence-electron chi connectivity index (χ3n) is 3.22. The smallest absolute Gasteiger partial charge is 0.131 e. The predicted molar refractivity (Wildman–Crippen MR) is 75.0 cm³/mol. The Morgan fingerprint density at radius 1 is 1.33 bits per heavy atom. The monoisotopic (exact) mass is 249 g/mol. The van der Waals surface area contributed by atoms with Crippen LogP contribution in [0.4, 0.5) is 11.6 Å². The molecular formula is C13H23N5. The van der Waals surface area contributed by atoms with E-state index in [2.05, 4.69) is 32.8 Å². The molecule has 0 radical (unpaired) electrons. The molecule has 2 heterocycles. The zero-order valence-corrected chi connectivity index (χ0v) is 11.3. The van der Waals surface area contributed by atoms with Gasteiger partial charge in [0.15, 0.2) is 0 Å². The highest BCUT2D eigenvalue weighted by Crippen LogP contribution is 2.14. The van der Waals surface area contributed by atoms with Crippen molar-refractivity contribution in [3.8, 4) is 0 Å². The molecule has 5 nitrogen and oxygen atoms in total. The van der Waals surface area contributed by atoms with Crippen LogP contribution in [0.25, 0.3) is 0 Å². The van der Waals surface area contributed by atoms with E-state index in [1.54, 1.807) is 0 Å². The zero-order valence-electron chi connectivity index (χ0n) is 11.3. The van der Waals surface area contributed by atoms with Gasteiger partial charge in [0, 0.05) is 19.2 Å². The van der Waals surface area contributed by atoms with E-state index in [4.69, 9.17) is 0 Å². The molecule has 1 atom stereocenters. The van der Waals surface area contributed by atoms with Crippen molar-refractivity contribution >= 4 is 11.6 Å². The van der Waals surface area contributed by atoms with Gasteiger partial charge in [-0.15, -0.1) is 0 Å². The zero-order chi connectivity index (χ0) is 12.8. The molecule has 0 amide bonds. The van der Waals surface area contributed by atoms with Crippen LogP contribution in [0.5, 0.6) is 0 Å². The Hall–Kier alpha value is -1.36. The van der Waals surface area contributed by atoms with E-state index in [1.165, 1.54) is 19.4 Å². The molecule has 0 bridgehead atoms.